The molecule has 0 bridgehead atoms. The number of amides is 1. The van der Waals surface area contributed by atoms with Crippen molar-refractivity contribution in [2.45, 2.75) is 39.0 Å². The van der Waals surface area contributed by atoms with E-state index in [-0.39, 0.29) is 47.9 Å². The Morgan fingerprint density at radius 1 is 1.54 bits per heavy atom. The zero-order valence-corrected chi connectivity index (χ0v) is 15.9. The first-order valence-corrected chi connectivity index (χ1v) is 7.48. The number of carbonyl (C=O) groups excluding carboxylic acids is 2. The van der Waals surface area contributed by atoms with E-state index >= 15 is 0 Å². The van der Waals surface area contributed by atoms with Gasteiger partial charge in [-0.25, -0.2) is 0 Å². The van der Waals surface area contributed by atoms with Gasteiger partial charge in [-0.1, -0.05) is 0 Å². The van der Waals surface area contributed by atoms with Gasteiger partial charge < -0.3 is 25.0 Å². The third-order valence-electron chi connectivity index (χ3n) is 4.52. The zero-order chi connectivity index (χ0) is 16.9. The van der Waals surface area contributed by atoms with Crippen LogP contribution in [0.2, 0.25) is 0 Å². The number of carbonyl (C=O) groups is 2. The number of rotatable bonds is 5. The third kappa shape index (κ3) is 2.82. The SMILES string of the molecule is Cc1cc(C2=C(C(=O)[O-])N3C(=O)[C@H]([C@@H](C)O)[C@H]3C2)nn1CCO.[Na+]. The van der Waals surface area contributed by atoms with Crippen LogP contribution in [-0.4, -0.2) is 55.5 Å². The summed E-state index contributed by atoms with van der Waals surface area (Å²) >= 11 is 0. The van der Waals surface area contributed by atoms with Crippen LogP contribution in [0.5, 0.6) is 0 Å². The number of carboxylic acid groups (broad SMARTS) is 1. The van der Waals surface area contributed by atoms with Crippen molar-refractivity contribution < 1.29 is 54.5 Å². The predicted molar refractivity (Wildman–Crippen MR) is 76.4 cm³/mol. The summed E-state index contributed by atoms with van der Waals surface area (Å²) in [6.45, 7) is 3.56. The van der Waals surface area contributed by atoms with E-state index in [9.17, 15) is 19.8 Å². The minimum Gasteiger partial charge on any atom is -0.543 e. The molecule has 1 saturated heterocycles. The molecule has 1 fully saturated rings. The quantitative estimate of drug-likeness (QED) is 0.409. The second kappa shape index (κ2) is 6.97. The van der Waals surface area contributed by atoms with Crippen molar-refractivity contribution in [2.24, 2.45) is 5.92 Å². The second-order valence-electron chi connectivity index (χ2n) is 5.98. The predicted octanol–water partition coefficient (Wildman–Crippen LogP) is -4.74. The van der Waals surface area contributed by atoms with Crippen LogP contribution in [0, 0.1) is 12.8 Å². The minimum absolute atomic E-state index is 0. The van der Waals surface area contributed by atoms with Crippen LogP contribution in [0.3, 0.4) is 0 Å². The molecule has 2 aliphatic heterocycles. The Balaban J connectivity index is 0.00000208. The topological polar surface area (TPSA) is 119 Å². The number of aliphatic carboxylic acids is 1. The number of β-lactam (4-membered cyclic amide) rings is 1. The third-order valence-corrected chi connectivity index (χ3v) is 4.52. The number of aryl methyl sites for hydroxylation is 1. The van der Waals surface area contributed by atoms with Gasteiger partial charge in [0.25, 0.3) is 0 Å². The first-order chi connectivity index (χ1) is 10.9. The number of carboxylic acids is 1. The van der Waals surface area contributed by atoms with Crippen LogP contribution in [0.1, 0.15) is 24.7 Å². The Kier molecular flexibility index (Phi) is 5.56. The summed E-state index contributed by atoms with van der Waals surface area (Å²) < 4.78 is 1.58. The molecule has 1 aromatic heterocycles. The molecule has 3 heterocycles. The Bertz CT molecular complexity index is 712. The molecule has 3 rings (SSSR count). The largest absolute Gasteiger partial charge is 1.00 e. The normalized spacial score (nSPS) is 23.7. The van der Waals surface area contributed by atoms with E-state index in [1.165, 1.54) is 11.8 Å². The van der Waals surface area contributed by atoms with Crippen LogP contribution in [0.15, 0.2) is 11.8 Å². The first kappa shape index (κ1) is 19.1. The van der Waals surface area contributed by atoms with Crippen molar-refractivity contribution in [1.82, 2.24) is 14.7 Å². The molecule has 1 amide bonds. The smallest absolute Gasteiger partial charge is 0.543 e. The second-order valence-corrected chi connectivity index (χ2v) is 5.98. The summed E-state index contributed by atoms with van der Waals surface area (Å²) in [5.74, 6) is -2.41. The summed E-state index contributed by atoms with van der Waals surface area (Å²) in [5.41, 5.74) is 1.52. The maximum absolute atomic E-state index is 12.1. The fraction of sp³-hybridized carbons (Fsp3) is 0.533. The fourth-order valence-electron chi connectivity index (χ4n) is 3.47. The number of hydrogen-bond donors (Lipinski definition) is 2. The molecule has 0 unspecified atom stereocenters. The first-order valence-electron chi connectivity index (χ1n) is 7.48. The summed E-state index contributed by atoms with van der Waals surface area (Å²) in [6, 6.07) is 1.36. The Labute approximate surface area is 161 Å². The monoisotopic (exact) mass is 343 g/mol. The van der Waals surface area contributed by atoms with Gasteiger partial charge in [0.2, 0.25) is 5.91 Å². The maximum atomic E-state index is 12.1. The molecule has 0 saturated carbocycles. The van der Waals surface area contributed by atoms with E-state index in [0.29, 0.717) is 24.2 Å². The van der Waals surface area contributed by atoms with Crippen LogP contribution >= 0.6 is 0 Å². The van der Waals surface area contributed by atoms with Gasteiger partial charge in [-0.3, -0.25) is 9.48 Å². The molecule has 1 aromatic rings. The molecule has 2 N–H and O–H groups in total. The van der Waals surface area contributed by atoms with Crippen LogP contribution in [0.4, 0.5) is 0 Å². The number of hydrogen-bond acceptors (Lipinski definition) is 6. The van der Waals surface area contributed by atoms with E-state index in [4.69, 9.17) is 5.11 Å². The Morgan fingerprint density at radius 3 is 2.75 bits per heavy atom. The van der Waals surface area contributed by atoms with Gasteiger partial charge in [0.1, 0.15) is 0 Å². The van der Waals surface area contributed by atoms with Gasteiger partial charge in [-0.15, -0.1) is 0 Å². The molecule has 9 heteroatoms. The van der Waals surface area contributed by atoms with Gasteiger partial charge in [-0.05, 0) is 26.3 Å². The molecule has 0 aromatic carbocycles. The van der Waals surface area contributed by atoms with Crippen LogP contribution in [0.25, 0.3) is 5.57 Å². The van der Waals surface area contributed by atoms with Gasteiger partial charge in [-0.2, -0.15) is 5.10 Å². The van der Waals surface area contributed by atoms with Gasteiger partial charge >= 0.3 is 29.6 Å². The average molecular weight is 343 g/mol. The summed E-state index contributed by atoms with van der Waals surface area (Å²) in [6.07, 6.45) is -0.514. The standard InChI is InChI=1S/C15H19N3O5.Na/c1-7-5-10(16-17(7)3-4-19)9-6-11-12(8(2)20)14(21)18(11)13(9)15(22)23;/h5,8,11-12,19-20H,3-4,6H2,1-2H3,(H,22,23);/q;+1/p-1/t8-,11-,12-;/m1./s1. The molecule has 8 nitrogen and oxygen atoms in total. The zero-order valence-electron chi connectivity index (χ0n) is 13.9. The Hall–Kier alpha value is -1.19. The van der Waals surface area contributed by atoms with E-state index in [0.717, 1.165) is 5.69 Å². The van der Waals surface area contributed by atoms with Crippen LogP contribution < -0.4 is 34.7 Å². The van der Waals surface area contributed by atoms with Crippen molar-refractivity contribution in [1.29, 1.82) is 0 Å². The van der Waals surface area contributed by atoms with Gasteiger partial charge in [0.15, 0.2) is 0 Å². The number of aromatic nitrogens is 2. The van der Waals surface area contributed by atoms with E-state index in [1.807, 2.05) is 0 Å². The maximum Gasteiger partial charge on any atom is 1.00 e. The van der Waals surface area contributed by atoms with E-state index < -0.39 is 23.9 Å². The van der Waals surface area contributed by atoms with Crippen molar-refractivity contribution in [3.05, 3.63) is 23.2 Å². The Morgan fingerprint density at radius 2 is 2.21 bits per heavy atom. The molecule has 3 atom stereocenters. The molecule has 0 aliphatic carbocycles. The summed E-state index contributed by atoms with van der Waals surface area (Å²) in [7, 11) is 0. The molecule has 24 heavy (non-hydrogen) atoms. The molecule has 2 aliphatic rings. The molecule has 0 radical (unpaired) electrons. The van der Waals surface area contributed by atoms with Gasteiger partial charge in [0, 0.05) is 11.3 Å². The summed E-state index contributed by atoms with van der Waals surface area (Å²) in [5, 5.41) is 34.6. The van der Waals surface area contributed by atoms with Crippen molar-refractivity contribution in [2.75, 3.05) is 6.61 Å². The van der Waals surface area contributed by atoms with Crippen molar-refractivity contribution in [3.8, 4) is 0 Å². The van der Waals surface area contributed by atoms with Gasteiger partial charge in [0.05, 0.1) is 48.6 Å². The summed E-state index contributed by atoms with van der Waals surface area (Å²) in [4.78, 5) is 24.8. The number of aliphatic hydroxyl groups is 2. The molecule has 0 spiro atoms. The fourth-order valence-corrected chi connectivity index (χ4v) is 3.47. The minimum atomic E-state index is -1.42. The molecular formula is C15H18N3NaO5. The number of aliphatic hydroxyl groups excluding tert-OH is 2. The molecular weight excluding hydrogens is 325 g/mol. The van der Waals surface area contributed by atoms with Crippen molar-refractivity contribution in [3.63, 3.8) is 0 Å². The van der Waals surface area contributed by atoms with E-state index in [2.05, 4.69) is 5.10 Å². The number of nitrogens with zero attached hydrogens (tertiary/aromatic N) is 3. The number of fused-ring (bicyclic) bond motifs is 1. The van der Waals surface area contributed by atoms with Crippen molar-refractivity contribution >= 4 is 17.4 Å². The average Bonchev–Trinajstić information content (AvgIpc) is 2.98. The molecule has 124 valence electrons. The van der Waals surface area contributed by atoms with E-state index in [1.54, 1.807) is 17.7 Å². The van der Waals surface area contributed by atoms with Crippen LogP contribution in [-0.2, 0) is 16.1 Å².